The summed E-state index contributed by atoms with van der Waals surface area (Å²) in [5.74, 6) is -1.63. The highest BCUT2D eigenvalue weighted by molar-refractivity contribution is 9.10. The summed E-state index contributed by atoms with van der Waals surface area (Å²) >= 11 is 2.99. The van der Waals surface area contributed by atoms with Crippen molar-refractivity contribution in [1.29, 1.82) is 0 Å². The van der Waals surface area contributed by atoms with E-state index in [0.717, 1.165) is 14.7 Å². The van der Waals surface area contributed by atoms with Gasteiger partial charge in [0.15, 0.2) is 48.8 Å². The molecule has 13 heteroatoms. The van der Waals surface area contributed by atoms with E-state index in [0.29, 0.717) is 24.7 Å². The molecule has 0 bridgehead atoms. The molecule has 0 aromatic heterocycles. The van der Waals surface area contributed by atoms with Crippen LogP contribution in [0.5, 0.6) is 11.5 Å². The lowest BCUT2D eigenvalue weighted by Gasteiger charge is -2.36. The van der Waals surface area contributed by atoms with Crippen molar-refractivity contribution >= 4 is 36.7 Å². The summed E-state index contributed by atoms with van der Waals surface area (Å²) in [5.41, 5.74) is -0.0372. The van der Waals surface area contributed by atoms with Crippen molar-refractivity contribution in [3.8, 4) is 11.5 Å². The van der Waals surface area contributed by atoms with Crippen LogP contribution in [0.3, 0.4) is 0 Å². The molecule has 2 aliphatic rings. The molecule has 0 radical (unpaired) electrons. The fraction of sp³-hybridized carbons (Fsp3) is 0.368. The molecule has 32 heavy (non-hydrogen) atoms. The van der Waals surface area contributed by atoms with Crippen LogP contribution in [0.4, 0.5) is 8.78 Å². The minimum Gasteiger partial charge on any atom is -0.593 e. The van der Waals surface area contributed by atoms with Crippen LogP contribution in [0, 0.1) is 18.6 Å². The number of nitrogens with zero attached hydrogens (tertiary/aromatic N) is 2. The van der Waals surface area contributed by atoms with Gasteiger partial charge in [0.2, 0.25) is 4.90 Å². The van der Waals surface area contributed by atoms with Gasteiger partial charge in [-0.1, -0.05) is 24.3 Å². The molecule has 0 N–H and O–H groups in total. The molecule has 0 amide bonds. The van der Waals surface area contributed by atoms with Crippen molar-refractivity contribution in [3.63, 3.8) is 0 Å². The van der Waals surface area contributed by atoms with Crippen LogP contribution < -0.4 is 9.47 Å². The molecule has 0 spiro atoms. The first-order valence-electron chi connectivity index (χ1n) is 9.57. The topological polar surface area (TPSA) is 105 Å². The number of hydrogen-bond donors (Lipinski definition) is 0. The predicted molar refractivity (Wildman–Crippen MR) is 114 cm³/mol. The second kappa shape index (κ2) is 8.70. The highest BCUT2D eigenvalue weighted by Crippen LogP contribution is 2.36. The molecule has 2 aromatic rings. The smallest absolute Gasteiger partial charge is 0.246 e. The van der Waals surface area contributed by atoms with Crippen molar-refractivity contribution in [3.05, 3.63) is 45.9 Å². The maximum Gasteiger partial charge on any atom is 0.246 e. The zero-order valence-electron chi connectivity index (χ0n) is 16.8. The van der Waals surface area contributed by atoms with Crippen LogP contribution in [0.15, 0.2) is 38.5 Å². The molecule has 174 valence electrons. The summed E-state index contributed by atoms with van der Waals surface area (Å²) in [6, 6.07) is 5.15. The van der Waals surface area contributed by atoms with Gasteiger partial charge in [0.25, 0.3) is 0 Å². The lowest BCUT2D eigenvalue weighted by molar-refractivity contribution is 0.171. The van der Waals surface area contributed by atoms with Crippen LogP contribution in [-0.4, -0.2) is 57.1 Å². The molecule has 2 aliphatic heterocycles. The Bertz CT molecular complexity index is 1160. The third-order valence-corrected chi connectivity index (χ3v) is 9.96. The number of sulfonamides is 2. The van der Waals surface area contributed by atoms with Gasteiger partial charge in [-0.2, -0.15) is 0 Å². The lowest BCUT2D eigenvalue weighted by atomic mass is 10.2. The molecule has 0 aliphatic carbocycles. The Labute approximate surface area is 194 Å². The van der Waals surface area contributed by atoms with Gasteiger partial charge in [-0.05, 0) is 25.1 Å². The first-order chi connectivity index (χ1) is 15.0. The van der Waals surface area contributed by atoms with Crippen LogP contribution in [0.1, 0.15) is 5.56 Å². The monoisotopic (exact) mass is 552 g/mol. The van der Waals surface area contributed by atoms with Crippen LogP contribution in [0.25, 0.3) is 0 Å². The molecule has 2 aromatic carbocycles. The zero-order chi connectivity index (χ0) is 23.3. The maximum atomic E-state index is 14.6. The van der Waals surface area contributed by atoms with Crippen molar-refractivity contribution in [2.75, 3.05) is 39.4 Å². The van der Waals surface area contributed by atoms with E-state index in [1.54, 1.807) is 0 Å². The first kappa shape index (κ1) is 23.7. The van der Waals surface area contributed by atoms with Gasteiger partial charge >= 0.3 is 0 Å². The number of fused-ring (bicyclic) bond motifs is 1. The van der Waals surface area contributed by atoms with Gasteiger partial charge in [0, 0.05) is 16.1 Å². The van der Waals surface area contributed by atoms with Gasteiger partial charge in [-0.15, -0.1) is 8.61 Å². The number of piperazine rings is 1. The third-order valence-electron chi connectivity index (χ3n) is 5.30. The fourth-order valence-corrected chi connectivity index (χ4v) is 6.91. The SMILES string of the molecule is Cc1c(Br)cc(F)c([S+](=O)([O-])N2CCN([S+](=O)([O-])c3ccc4c(c3)OCCO4)CC2)c1F. The normalized spacial score (nSPS) is 21.1. The lowest BCUT2D eigenvalue weighted by Crippen LogP contribution is -2.54. The quantitative estimate of drug-likeness (QED) is 0.540. The average molecular weight is 553 g/mol. The van der Waals surface area contributed by atoms with Gasteiger partial charge in [-0.25, -0.2) is 8.78 Å². The largest absolute Gasteiger partial charge is 0.593 e. The summed E-state index contributed by atoms with van der Waals surface area (Å²) in [5, 5.41) is 0. The Kier molecular flexibility index (Phi) is 6.44. The van der Waals surface area contributed by atoms with Crippen molar-refractivity contribution in [2.24, 2.45) is 0 Å². The van der Waals surface area contributed by atoms with E-state index in [2.05, 4.69) is 15.9 Å². The Morgan fingerprint density at radius 2 is 1.50 bits per heavy atom. The van der Waals surface area contributed by atoms with Gasteiger partial charge in [0.05, 0.1) is 26.2 Å². The van der Waals surface area contributed by atoms with Crippen LogP contribution >= 0.6 is 15.9 Å². The molecule has 1 fully saturated rings. The first-order valence-corrected chi connectivity index (χ1v) is 13.2. The second-order valence-corrected chi connectivity index (χ2v) is 11.9. The molecule has 8 nitrogen and oxygen atoms in total. The van der Waals surface area contributed by atoms with Gasteiger partial charge < -0.3 is 18.6 Å². The van der Waals surface area contributed by atoms with E-state index in [1.165, 1.54) is 25.1 Å². The van der Waals surface area contributed by atoms with Crippen LogP contribution in [0.2, 0.25) is 0 Å². The fourth-order valence-electron chi connectivity index (χ4n) is 3.51. The van der Waals surface area contributed by atoms with E-state index in [9.17, 15) is 26.3 Å². The number of hydrogen-bond acceptors (Lipinski definition) is 6. The standard InChI is InChI=1S/C19H19BrF2N2O6S2/c1-12-14(20)11-15(21)19(18(12)22)32(27,28)24-6-4-23(5-7-24)31(25,26)13-2-3-16-17(10-13)30-9-8-29-16/h2-3,10-11H,4-9H2,1H3. The summed E-state index contributed by atoms with van der Waals surface area (Å²) in [4.78, 5) is -1.06. The van der Waals surface area contributed by atoms with E-state index in [4.69, 9.17) is 9.47 Å². The highest BCUT2D eigenvalue weighted by atomic mass is 79.9. The van der Waals surface area contributed by atoms with Gasteiger partial charge in [-0.3, -0.25) is 0 Å². The Hall–Kier alpha value is -1.48. The minimum atomic E-state index is -4.50. The Morgan fingerprint density at radius 3 is 2.12 bits per heavy atom. The summed E-state index contributed by atoms with van der Waals surface area (Å²) < 4.78 is 93.8. The van der Waals surface area contributed by atoms with Crippen LogP contribution in [-0.2, 0) is 29.2 Å². The number of ether oxygens (including phenoxy) is 2. The van der Waals surface area contributed by atoms with E-state index in [1.807, 2.05) is 0 Å². The summed E-state index contributed by atoms with van der Waals surface area (Å²) in [7, 11) is -8.44. The molecular formula is C19H19BrF2N2O6S2. The summed E-state index contributed by atoms with van der Waals surface area (Å²) in [6.07, 6.45) is 0. The molecule has 2 heterocycles. The molecule has 2 atom stereocenters. The zero-order valence-corrected chi connectivity index (χ0v) is 20.1. The summed E-state index contributed by atoms with van der Waals surface area (Å²) in [6.45, 7) is 1.16. The van der Waals surface area contributed by atoms with E-state index < -0.39 is 37.3 Å². The van der Waals surface area contributed by atoms with E-state index in [-0.39, 0.29) is 41.1 Å². The number of rotatable bonds is 4. The molecule has 2 unspecified atom stereocenters. The predicted octanol–water partition coefficient (Wildman–Crippen LogP) is 2.93. The highest BCUT2D eigenvalue weighted by Gasteiger charge is 2.43. The molecule has 1 saturated heterocycles. The van der Waals surface area contributed by atoms with Crippen molar-refractivity contribution in [2.45, 2.75) is 16.7 Å². The maximum absolute atomic E-state index is 14.6. The average Bonchev–Trinajstić information content (AvgIpc) is 2.77. The number of benzene rings is 2. The van der Waals surface area contributed by atoms with E-state index >= 15 is 0 Å². The van der Waals surface area contributed by atoms with Crippen molar-refractivity contribution in [1.82, 2.24) is 8.61 Å². The molecular weight excluding hydrogens is 534 g/mol. The third kappa shape index (κ3) is 4.11. The Morgan fingerprint density at radius 1 is 0.938 bits per heavy atom. The molecule has 0 saturated carbocycles. The molecule has 4 rings (SSSR count). The number of halogens is 3. The Balaban J connectivity index is 1.53. The second-order valence-electron chi connectivity index (χ2n) is 7.22. The van der Waals surface area contributed by atoms with Gasteiger partial charge in [0.1, 0.15) is 13.2 Å². The van der Waals surface area contributed by atoms with Crippen molar-refractivity contribution < 1.29 is 35.8 Å². The minimum absolute atomic E-state index is 0.0151.